The lowest BCUT2D eigenvalue weighted by Gasteiger charge is -2.13. The number of aliphatic imine (C=N–C) groups is 1. The van der Waals surface area contributed by atoms with Gasteiger partial charge in [0.25, 0.3) is 0 Å². The van der Waals surface area contributed by atoms with Gasteiger partial charge in [-0.2, -0.15) is 0 Å². The Balaban J connectivity index is 1.81. The molecule has 2 N–H and O–H groups in total. The minimum Gasteiger partial charge on any atom is -0.497 e. The van der Waals surface area contributed by atoms with E-state index in [0.29, 0.717) is 19.7 Å². The highest BCUT2D eigenvalue weighted by molar-refractivity contribution is 5.79. The van der Waals surface area contributed by atoms with Gasteiger partial charge in [-0.15, -0.1) is 0 Å². The summed E-state index contributed by atoms with van der Waals surface area (Å²) < 4.78 is 10.9. The predicted molar refractivity (Wildman–Crippen MR) is 106 cm³/mol. The molecule has 5 heteroatoms. The quantitative estimate of drug-likeness (QED) is 0.562. The molecule has 2 rings (SSSR count). The fourth-order valence-electron chi connectivity index (χ4n) is 2.39. The third-order valence-corrected chi connectivity index (χ3v) is 3.88. The normalized spacial score (nSPS) is 11.5. The summed E-state index contributed by atoms with van der Waals surface area (Å²) in [7, 11) is 3.44. The molecule has 0 atom stereocenters. The molecule has 0 saturated carbocycles. The van der Waals surface area contributed by atoms with Crippen molar-refractivity contribution in [1.82, 2.24) is 10.6 Å². The number of rotatable bonds is 8. The topological polar surface area (TPSA) is 54.9 Å². The van der Waals surface area contributed by atoms with Crippen LogP contribution in [-0.2, 0) is 24.4 Å². The second kappa shape index (κ2) is 10.5. The Labute approximate surface area is 156 Å². The zero-order chi connectivity index (χ0) is 18.8. The number of hydrogen-bond donors (Lipinski definition) is 2. The molecule has 0 aromatic heterocycles. The van der Waals surface area contributed by atoms with Gasteiger partial charge < -0.3 is 20.1 Å². The Morgan fingerprint density at radius 2 is 1.62 bits per heavy atom. The standard InChI is InChI=1S/C21H29N3O2/c1-16(2)26-15-18-10-8-17(9-11-18)13-23-21(22-3)24-14-19-6-5-7-20(12-19)25-4/h5-12,16H,13-15H2,1-4H3,(H2,22,23,24). The van der Waals surface area contributed by atoms with E-state index in [0.717, 1.165) is 17.3 Å². The molecule has 0 heterocycles. The van der Waals surface area contributed by atoms with Crippen molar-refractivity contribution >= 4 is 5.96 Å². The molecular weight excluding hydrogens is 326 g/mol. The molecule has 0 aliphatic heterocycles. The van der Waals surface area contributed by atoms with Crippen molar-refractivity contribution in [2.24, 2.45) is 4.99 Å². The third-order valence-electron chi connectivity index (χ3n) is 3.88. The lowest BCUT2D eigenvalue weighted by Crippen LogP contribution is -2.36. The van der Waals surface area contributed by atoms with Crippen LogP contribution in [0.2, 0.25) is 0 Å². The number of ether oxygens (including phenoxy) is 2. The maximum absolute atomic E-state index is 5.62. The van der Waals surface area contributed by atoms with Crippen LogP contribution in [0, 0.1) is 0 Å². The van der Waals surface area contributed by atoms with E-state index in [4.69, 9.17) is 9.47 Å². The first kappa shape index (κ1) is 19.8. The second-order valence-corrected chi connectivity index (χ2v) is 6.31. The van der Waals surface area contributed by atoms with Gasteiger partial charge in [-0.05, 0) is 42.7 Å². The minimum atomic E-state index is 0.246. The molecule has 2 aromatic rings. The van der Waals surface area contributed by atoms with Crippen molar-refractivity contribution in [3.8, 4) is 5.75 Å². The molecule has 0 amide bonds. The summed E-state index contributed by atoms with van der Waals surface area (Å²) in [6.45, 7) is 6.13. The van der Waals surface area contributed by atoms with Crippen LogP contribution in [0.4, 0.5) is 0 Å². The van der Waals surface area contributed by atoms with Gasteiger partial charge in [-0.25, -0.2) is 0 Å². The first-order valence-corrected chi connectivity index (χ1v) is 8.87. The van der Waals surface area contributed by atoms with Gasteiger partial charge in [0.1, 0.15) is 5.75 Å². The van der Waals surface area contributed by atoms with E-state index in [-0.39, 0.29) is 6.10 Å². The summed E-state index contributed by atoms with van der Waals surface area (Å²) in [4.78, 5) is 4.27. The molecule has 140 valence electrons. The molecule has 5 nitrogen and oxygen atoms in total. The molecule has 0 unspecified atom stereocenters. The van der Waals surface area contributed by atoms with Gasteiger partial charge in [0, 0.05) is 20.1 Å². The van der Waals surface area contributed by atoms with Crippen LogP contribution in [-0.4, -0.2) is 26.2 Å². The van der Waals surface area contributed by atoms with Crippen molar-refractivity contribution in [2.75, 3.05) is 14.2 Å². The van der Waals surface area contributed by atoms with E-state index in [9.17, 15) is 0 Å². The highest BCUT2D eigenvalue weighted by Crippen LogP contribution is 2.12. The summed E-state index contributed by atoms with van der Waals surface area (Å²) in [6, 6.07) is 16.4. The zero-order valence-corrected chi connectivity index (χ0v) is 16.1. The Bertz CT molecular complexity index is 697. The molecule has 0 radical (unpaired) electrons. The number of nitrogens with zero attached hydrogens (tertiary/aromatic N) is 1. The molecular formula is C21H29N3O2. The van der Waals surface area contributed by atoms with Crippen molar-refractivity contribution in [3.05, 3.63) is 65.2 Å². The van der Waals surface area contributed by atoms with Crippen molar-refractivity contribution in [1.29, 1.82) is 0 Å². The number of guanidine groups is 1. The fraction of sp³-hybridized carbons (Fsp3) is 0.381. The lowest BCUT2D eigenvalue weighted by atomic mass is 10.1. The van der Waals surface area contributed by atoms with E-state index in [2.05, 4.69) is 46.0 Å². The van der Waals surface area contributed by atoms with Crippen molar-refractivity contribution < 1.29 is 9.47 Å². The van der Waals surface area contributed by atoms with Crippen LogP contribution >= 0.6 is 0 Å². The molecule has 0 aliphatic rings. The number of benzene rings is 2. The van der Waals surface area contributed by atoms with Crippen molar-refractivity contribution in [2.45, 2.75) is 39.6 Å². The molecule has 0 saturated heterocycles. The van der Waals surface area contributed by atoms with Gasteiger partial charge in [-0.1, -0.05) is 36.4 Å². The maximum atomic E-state index is 5.62. The van der Waals surface area contributed by atoms with Crippen LogP contribution in [0.1, 0.15) is 30.5 Å². The highest BCUT2D eigenvalue weighted by Gasteiger charge is 2.01. The molecule has 26 heavy (non-hydrogen) atoms. The van der Waals surface area contributed by atoms with Gasteiger partial charge in [0.2, 0.25) is 0 Å². The van der Waals surface area contributed by atoms with E-state index >= 15 is 0 Å². The van der Waals surface area contributed by atoms with E-state index in [1.807, 2.05) is 32.0 Å². The van der Waals surface area contributed by atoms with Crippen LogP contribution in [0.25, 0.3) is 0 Å². The van der Waals surface area contributed by atoms with Gasteiger partial charge >= 0.3 is 0 Å². The van der Waals surface area contributed by atoms with Crippen LogP contribution in [0.5, 0.6) is 5.75 Å². The maximum Gasteiger partial charge on any atom is 0.191 e. The molecule has 0 aliphatic carbocycles. The van der Waals surface area contributed by atoms with Crippen LogP contribution in [0.15, 0.2) is 53.5 Å². The first-order valence-electron chi connectivity index (χ1n) is 8.87. The summed E-state index contributed by atoms with van der Waals surface area (Å²) in [5.74, 6) is 1.62. The molecule has 2 aromatic carbocycles. The first-order chi connectivity index (χ1) is 12.6. The average molecular weight is 355 g/mol. The highest BCUT2D eigenvalue weighted by atomic mass is 16.5. The third kappa shape index (κ3) is 6.76. The molecule has 0 fully saturated rings. The molecule has 0 bridgehead atoms. The minimum absolute atomic E-state index is 0.246. The number of methoxy groups -OCH3 is 1. The zero-order valence-electron chi connectivity index (χ0n) is 16.1. The predicted octanol–water partition coefficient (Wildman–Crippen LogP) is 3.49. The van der Waals surface area contributed by atoms with Gasteiger partial charge in [-0.3, -0.25) is 4.99 Å². The number of hydrogen-bond acceptors (Lipinski definition) is 3. The number of nitrogens with one attached hydrogen (secondary N) is 2. The fourth-order valence-corrected chi connectivity index (χ4v) is 2.39. The Morgan fingerprint density at radius 3 is 2.23 bits per heavy atom. The van der Waals surface area contributed by atoms with Gasteiger partial charge in [0.05, 0.1) is 19.8 Å². The lowest BCUT2D eigenvalue weighted by molar-refractivity contribution is 0.0657. The average Bonchev–Trinajstić information content (AvgIpc) is 2.67. The largest absolute Gasteiger partial charge is 0.497 e. The van der Waals surface area contributed by atoms with E-state index in [1.54, 1.807) is 14.2 Å². The summed E-state index contributed by atoms with van der Waals surface area (Å²) in [5, 5.41) is 6.65. The Kier molecular flexibility index (Phi) is 7.96. The second-order valence-electron chi connectivity index (χ2n) is 6.31. The Morgan fingerprint density at radius 1 is 0.962 bits per heavy atom. The van der Waals surface area contributed by atoms with E-state index < -0.39 is 0 Å². The smallest absolute Gasteiger partial charge is 0.191 e. The summed E-state index contributed by atoms with van der Waals surface area (Å²) in [5.41, 5.74) is 3.52. The van der Waals surface area contributed by atoms with Crippen LogP contribution < -0.4 is 15.4 Å². The Hall–Kier alpha value is -2.53. The summed E-state index contributed by atoms with van der Waals surface area (Å²) in [6.07, 6.45) is 0.246. The summed E-state index contributed by atoms with van der Waals surface area (Å²) >= 11 is 0. The monoisotopic (exact) mass is 355 g/mol. The van der Waals surface area contributed by atoms with Gasteiger partial charge in [0.15, 0.2) is 5.96 Å². The molecule has 0 spiro atoms. The SMILES string of the molecule is CN=C(NCc1ccc(COC(C)C)cc1)NCc1cccc(OC)c1. The van der Waals surface area contributed by atoms with Crippen molar-refractivity contribution in [3.63, 3.8) is 0 Å². The van der Waals surface area contributed by atoms with E-state index in [1.165, 1.54) is 11.1 Å². The van der Waals surface area contributed by atoms with Crippen LogP contribution in [0.3, 0.4) is 0 Å².